The average Bonchev–Trinajstić information content (AvgIpc) is 2.31. The van der Waals surface area contributed by atoms with Crippen molar-refractivity contribution < 1.29 is 22.7 Å². The quantitative estimate of drug-likeness (QED) is 0.799. The van der Waals surface area contributed by atoms with Gasteiger partial charge in [0.05, 0.1) is 11.6 Å². The summed E-state index contributed by atoms with van der Waals surface area (Å²) in [6, 6.07) is 3.32. The van der Waals surface area contributed by atoms with Crippen molar-refractivity contribution in [1.29, 1.82) is 5.26 Å². The molecular weight excluding hydrogens is 299 g/mol. The number of carboxylic acids is 1. The fourth-order valence-corrected chi connectivity index (χ4v) is 2.67. The van der Waals surface area contributed by atoms with Crippen LogP contribution >= 0.6 is 11.6 Å². The molecule has 0 saturated carbocycles. The van der Waals surface area contributed by atoms with Gasteiger partial charge in [0, 0.05) is 18.0 Å². The Balaban J connectivity index is 3.27. The van der Waals surface area contributed by atoms with Crippen LogP contribution in [0.4, 0.5) is 4.39 Å². The van der Waals surface area contributed by atoms with E-state index in [1.165, 1.54) is 0 Å². The molecule has 0 heterocycles. The van der Waals surface area contributed by atoms with Gasteiger partial charge >= 0.3 is 5.97 Å². The van der Waals surface area contributed by atoms with E-state index in [0.717, 1.165) is 12.1 Å². The molecule has 0 bridgehead atoms. The fraction of sp³-hybridized carbons (Fsp3) is 0.200. The summed E-state index contributed by atoms with van der Waals surface area (Å²) in [4.78, 5) is 9.89. The van der Waals surface area contributed by atoms with Crippen molar-refractivity contribution in [1.82, 2.24) is 4.72 Å². The molecule has 2 N–H and O–H groups in total. The second-order valence-corrected chi connectivity index (χ2v) is 5.55. The van der Waals surface area contributed by atoms with Gasteiger partial charge in [0.25, 0.3) is 0 Å². The van der Waals surface area contributed by atoms with Gasteiger partial charge in [0.2, 0.25) is 10.0 Å². The van der Waals surface area contributed by atoms with Crippen LogP contribution in [0.2, 0.25) is 5.02 Å². The van der Waals surface area contributed by atoms with Crippen molar-refractivity contribution in [3.05, 3.63) is 28.5 Å². The SMILES string of the molecule is N#CCCNS(=O)(=O)c1cc(Cl)cc(C(=O)O)c1F. The average molecular weight is 307 g/mol. The minimum absolute atomic E-state index is 0.104. The summed E-state index contributed by atoms with van der Waals surface area (Å²) in [6.07, 6.45) is -0.104. The molecule has 0 atom stereocenters. The molecule has 0 radical (unpaired) electrons. The molecule has 9 heteroatoms. The van der Waals surface area contributed by atoms with E-state index in [9.17, 15) is 17.6 Å². The van der Waals surface area contributed by atoms with Gasteiger partial charge in [-0.1, -0.05) is 11.6 Å². The van der Waals surface area contributed by atoms with Crippen LogP contribution in [0.15, 0.2) is 17.0 Å². The molecular formula is C10H8ClFN2O4S. The van der Waals surface area contributed by atoms with Crippen molar-refractivity contribution in [2.24, 2.45) is 0 Å². The Morgan fingerprint density at radius 3 is 2.68 bits per heavy atom. The largest absolute Gasteiger partial charge is 0.478 e. The van der Waals surface area contributed by atoms with Gasteiger partial charge in [-0.25, -0.2) is 22.3 Å². The highest BCUT2D eigenvalue weighted by Gasteiger charge is 2.24. The van der Waals surface area contributed by atoms with E-state index >= 15 is 0 Å². The lowest BCUT2D eigenvalue weighted by Crippen LogP contribution is -2.26. The summed E-state index contributed by atoms with van der Waals surface area (Å²) in [7, 11) is -4.27. The Labute approximate surface area is 113 Å². The maximum absolute atomic E-state index is 13.8. The molecule has 0 aliphatic carbocycles. The molecule has 19 heavy (non-hydrogen) atoms. The summed E-state index contributed by atoms with van der Waals surface area (Å²) < 4.78 is 39.2. The highest BCUT2D eigenvalue weighted by atomic mass is 35.5. The number of hydrogen-bond acceptors (Lipinski definition) is 4. The van der Waals surface area contributed by atoms with E-state index in [2.05, 4.69) is 0 Å². The Morgan fingerprint density at radius 1 is 1.53 bits per heavy atom. The van der Waals surface area contributed by atoms with E-state index in [-0.39, 0.29) is 18.0 Å². The Bertz CT molecular complexity index is 654. The molecule has 0 aromatic heterocycles. The molecule has 6 nitrogen and oxygen atoms in total. The van der Waals surface area contributed by atoms with E-state index in [1.807, 2.05) is 4.72 Å². The van der Waals surface area contributed by atoms with Crippen LogP contribution in [-0.4, -0.2) is 26.0 Å². The molecule has 0 fully saturated rings. The summed E-state index contributed by atoms with van der Waals surface area (Å²) in [5.74, 6) is -3.03. The molecule has 0 spiro atoms. The number of aromatic carboxylic acids is 1. The van der Waals surface area contributed by atoms with Gasteiger partial charge in [-0.2, -0.15) is 5.26 Å². The second-order valence-electron chi connectivity index (χ2n) is 3.38. The number of benzene rings is 1. The lowest BCUT2D eigenvalue weighted by atomic mass is 10.2. The Hall–Kier alpha value is -1.69. The number of carboxylic acid groups (broad SMARTS) is 1. The number of rotatable bonds is 5. The lowest BCUT2D eigenvalue weighted by Gasteiger charge is -2.08. The third-order valence-corrected chi connectivity index (χ3v) is 3.73. The third kappa shape index (κ3) is 3.64. The van der Waals surface area contributed by atoms with Crippen LogP contribution in [0, 0.1) is 17.1 Å². The summed E-state index contributed by atoms with van der Waals surface area (Å²) in [5, 5.41) is 16.8. The Morgan fingerprint density at radius 2 is 2.16 bits per heavy atom. The van der Waals surface area contributed by atoms with Gasteiger partial charge in [0.1, 0.15) is 4.90 Å². The van der Waals surface area contributed by atoms with E-state index < -0.39 is 32.3 Å². The third-order valence-electron chi connectivity index (χ3n) is 2.05. The number of sulfonamides is 1. The highest BCUT2D eigenvalue weighted by molar-refractivity contribution is 7.89. The van der Waals surface area contributed by atoms with E-state index in [0.29, 0.717) is 0 Å². The topological polar surface area (TPSA) is 107 Å². The van der Waals surface area contributed by atoms with Crippen LogP contribution in [0.1, 0.15) is 16.8 Å². The summed E-state index contributed by atoms with van der Waals surface area (Å²) in [6.45, 7) is -0.215. The van der Waals surface area contributed by atoms with E-state index in [1.54, 1.807) is 6.07 Å². The van der Waals surface area contributed by atoms with Crippen molar-refractivity contribution in [2.75, 3.05) is 6.54 Å². The predicted octanol–water partition coefficient (Wildman–Crippen LogP) is 1.37. The van der Waals surface area contributed by atoms with Crippen molar-refractivity contribution >= 4 is 27.6 Å². The second kappa shape index (κ2) is 5.97. The van der Waals surface area contributed by atoms with Crippen molar-refractivity contribution in [3.63, 3.8) is 0 Å². The van der Waals surface area contributed by atoms with Crippen LogP contribution in [0.3, 0.4) is 0 Å². The standard InChI is InChI=1S/C10H8ClFN2O4S/c11-6-4-7(10(15)16)9(12)8(5-6)19(17,18)14-3-1-2-13/h4-5,14H,1,3H2,(H,15,16). The fourth-order valence-electron chi connectivity index (χ4n) is 1.23. The van der Waals surface area contributed by atoms with Crippen LogP contribution in [-0.2, 0) is 10.0 Å². The van der Waals surface area contributed by atoms with Crippen LogP contribution in [0.5, 0.6) is 0 Å². The minimum Gasteiger partial charge on any atom is -0.478 e. The van der Waals surface area contributed by atoms with Gasteiger partial charge in [0.15, 0.2) is 5.82 Å². The first-order valence-corrected chi connectivity index (χ1v) is 6.74. The molecule has 1 aromatic rings. The molecule has 0 unspecified atom stereocenters. The molecule has 0 saturated heterocycles. The van der Waals surface area contributed by atoms with Crippen LogP contribution < -0.4 is 4.72 Å². The first kappa shape index (κ1) is 15.4. The minimum atomic E-state index is -4.27. The van der Waals surface area contributed by atoms with Gasteiger partial charge in [-0.15, -0.1) is 0 Å². The maximum Gasteiger partial charge on any atom is 0.338 e. The number of nitrogens with one attached hydrogen (secondary N) is 1. The number of hydrogen-bond donors (Lipinski definition) is 2. The Kier molecular flexibility index (Phi) is 4.83. The molecule has 1 aromatic carbocycles. The molecule has 0 aliphatic heterocycles. The highest BCUT2D eigenvalue weighted by Crippen LogP contribution is 2.23. The monoisotopic (exact) mass is 306 g/mol. The summed E-state index contributed by atoms with van der Waals surface area (Å²) >= 11 is 5.56. The maximum atomic E-state index is 13.8. The number of nitrogens with zero attached hydrogens (tertiary/aromatic N) is 1. The number of halogens is 2. The van der Waals surface area contributed by atoms with Gasteiger partial charge < -0.3 is 5.11 Å². The van der Waals surface area contributed by atoms with Gasteiger partial charge in [-0.05, 0) is 12.1 Å². The zero-order valence-electron chi connectivity index (χ0n) is 9.35. The zero-order valence-corrected chi connectivity index (χ0v) is 10.9. The van der Waals surface area contributed by atoms with Crippen molar-refractivity contribution in [3.8, 4) is 6.07 Å². The summed E-state index contributed by atoms with van der Waals surface area (Å²) in [5.41, 5.74) is -0.840. The zero-order chi connectivity index (χ0) is 14.6. The predicted molar refractivity (Wildman–Crippen MR) is 63.8 cm³/mol. The number of nitriles is 1. The number of carbonyl (C=O) groups is 1. The first-order chi connectivity index (χ1) is 8.79. The molecule has 0 aliphatic rings. The lowest BCUT2D eigenvalue weighted by molar-refractivity contribution is 0.0691. The first-order valence-electron chi connectivity index (χ1n) is 4.88. The van der Waals surface area contributed by atoms with Crippen LogP contribution in [0.25, 0.3) is 0 Å². The molecule has 0 amide bonds. The van der Waals surface area contributed by atoms with Crippen molar-refractivity contribution in [2.45, 2.75) is 11.3 Å². The van der Waals surface area contributed by atoms with E-state index in [4.69, 9.17) is 22.0 Å². The normalized spacial score (nSPS) is 11.0. The molecule has 102 valence electrons. The molecule has 1 rings (SSSR count). The van der Waals surface area contributed by atoms with Gasteiger partial charge in [-0.3, -0.25) is 0 Å². The smallest absolute Gasteiger partial charge is 0.338 e.